The largest absolute Gasteiger partial charge is 0.480 e. The summed E-state index contributed by atoms with van der Waals surface area (Å²) in [7, 11) is -4.61. The van der Waals surface area contributed by atoms with Crippen LogP contribution in [-0.2, 0) is 32.7 Å². The van der Waals surface area contributed by atoms with Gasteiger partial charge in [0, 0.05) is 13.0 Å². The van der Waals surface area contributed by atoms with Gasteiger partial charge in [-0.2, -0.15) is 0 Å². The highest BCUT2D eigenvalue weighted by atomic mass is 31.2. The van der Waals surface area contributed by atoms with Crippen molar-refractivity contribution in [2.24, 2.45) is 5.73 Å². The van der Waals surface area contributed by atoms with Crippen LogP contribution in [0.3, 0.4) is 0 Å². The number of phosphoric ester groups is 1. The van der Waals surface area contributed by atoms with Crippen LogP contribution in [0, 0.1) is 0 Å². The van der Waals surface area contributed by atoms with E-state index in [1.807, 2.05) is 0 Å². The van der Waals surface area contributed by atoms with Crippen LogP contribution in [0.4, 0.5) is 0 Å². The van der Waals surface area contributed by atoms with Crippen LogP contribution in [0.1, 0.15) is 219 Å². The van der Waals surface area contributed by atoms with Crippen molar-refractivity contribution in [3.8, 4) is 0 Å². The Hall–Kier alpha value is -1.55. The fourth-order valence-electron chi connectivity index (χ4n) is 6.58. The Labute approximate surface area is 349 Å². The van der Waals surface area contributed by atoms with E-state index < -0.39 is 45.1 Å². The lowest BCUT2D eigenvalue weighted by Gasteiger charge is -2.20. The summed E-state index contributed by atoms with van der Waals surface area (Å²) in [5.41, 5.74) is 5.36. The van der Waals surface area contributed by atoms with E-state index in [1.54, 1.807) is 0 Å². The first-order valence-electron chi connectivity index (χ1n) is 23.4. The number of carboxylic acid groups (broad SMARTS) is 1. The average Bonchev–Trinajstić information content (AvgIpc) is 3.19. The van der Waals surface area contributed by atoms with Gasteiger partial charge in [-0.1, -0.05) is 192 Å². The maximum atomic E-state index is 12.6. The molecule has 0 aliphatic carbocycles. The predicted molar refractivity (Wildman–Crippen MR) is 235 cm³/mol. The summed E-state index contributed by atoms with van der Waals surface area (Å²) in [4.78, 5) is 33.5. The van der Waals surface area contributed by atoms with Gasteiger partial charge in [0.25, 0.3) is 0 Å². The van der Waals surface area contributed by atoms with Crippen LogP contribution < -0.4 is 5.73 Å². The summed E-state index contributed by atoms with van der Waals surface area (Å²) in [6, 6.07) is -1.47. The van der Waals surface area contributed by atoms with Gasteiger partial charge in [-0.15, -0.1) is 0 Å². The Balaban J connectivity index is 4.06. The first-order chi connectivity index (χ1) is 27.7. The van der Waals surface area contributed by atoms with Crippen molar-refractivity contribution in [3.05, 3.63) is 24.3 Å². The van der Waals surface area contributed by atoms with Gasteiger partial charge in [0.2, 0.25) is 0 Å². The summed E-state index contributed by atoms with van der Waals surface area (Å²) < 4.78 is 33.4. The molecule has 0 heterocycles. The van der Waals surface area contributed by atoms with E-state index in [4.69, 9.17) is 29.4 Å². The summed E-state index contributed by atoms with van der Waals surface area (Å²) >= 11 is 0. The summed E-state index contributed by atoms with van der Waals surface area (Å²) in [6.07, 6.45) is 46.7. The number of carboxylic acids is 1. The molecule has 11 heteroatoms. The minimum atomic E-state index is -4.61. The van der Waals surface area contributed by atoms with E-state index in [9.17, 15) is 19.0 Å². The zero-order valence-electron chi connectivity index (χ0n) is 36.7. The number of phosphoric acid groups is 1. The van der Waals surface area contributed by atoms with Gasteiger partial charge in [-0.25, -0.2) is 4.57 Å². The number of nitrogens with two attached hydrogens (primary N) is 1. The molecular weight excluding hydrogens is 741 g/mol. The molecule has 0 aliphatic rings. The number of allylic oxidation sites excluding steroid dienone is 4. The Morgan fingerprint density at radius 2 is 0.965 bits per heavy atom. The van der Waals surface area contributed by atoms with E-state index in [0.29, 0.717) is 13.0 Å². The monoisotopic (exact) mass is 830 g/mol. The third-order valence-corrected chi connectivity index (χ3v) is 11.2. The SMILES string of the molecule is CCCCCCC/C=C\C/C=C\CCCCCCCCCCCCCCOCC(COP(=O)(O)OCC(N)C(=O)O)OC(=O)CCCCCCCCCCCCC. The standard InChI is InChI=1S/C46H88NO9P/c1-3-5-7-9-11-13-15-16-17-18-19-20-21-22-23-24-25-26-27-29-31-33-35-37-39-53-40-43(41-54-57(51,52)55-42-44(47)46(49)50)56-45(48)38-36-34-32-30-28-14-12-10-8-6-4-2/h15-16,18-19,43-44H,3-14,17,20-42,47H2,1-2H3,(H,49,50)(H,51,52)/b16-15-,19-18-. The van der Waals surface area contributed by atoms with Crippen LogP contribution in [0.5, 0.6) is 0 Å². The number of hydrogen-bond donors (Lipinski definition) is 3. The van der Waals surface area contributed by atoms with Gasteiger partial charge in [0.15, 0.2) is 0 Å². The first kappa shape index (κ1) is 55.5. The van der Waals surface area contributed by atoms with E-state index >= 15 is 0 Å². The number of carbonyl (C=O) groups excluding carboxylic acids is 1. The number of aliphatic carboxylic acids is 1. The van der Waals surface area contributed by atoms with Crippen LogP contribution in [-0.4, -0.2) is 60.5 Å². The van der Waals surface area contributed by atoms with E-state index in [1.165, 1.54) is 154 Å². The molecule has 3 unspecified atom stereocenters. The summed E-state index contributed by atoms with van der Waals surface area (Å²) in [6.45, 7) is 3.88. The highest BCUT2D eigenvalue weighted by Crippen LogP contribution is 2.43. The second-order valence-electron chi connectivity index (χ2n) is 15.9. The topological polar surface area (TPSA) is 155 Å². The third-order valence-electron chi connectivity index (χ3n) is 10.2. The predicted octanol–water partition coefficient (Wildman–Crippen LogP) is 13.1. The molecule has 0 fully saturated rings. The molecule has 0 aromatic rings. The molecule has 0 radical (unpaired) electrons. The Morgan fingerprint density at radius 3 is 1.42 bits per heavy atom. The van der Waals surface area contributed by atoms with Gasteiger partial charge >= 0.3 is 19.8 Å². The van der Waals surface area contributed by atoms with Crippen LogP contribution in [0.15, 0.2) is 24.3 Å². The molecule has 0 spiro atoms. The molecule has 0 bridgehead atoms. The summed E-state index contributed by atoms with van der Waals surface area (Å²) in [5, 5.41) is 8.89. The van der Waals surface area contributed by atoms with Crippen molar-refractivity contribution in [3.63, 3.8) is 0 Å². The molecule has 0 amide bonds. The van der Waals surface area contributed by atoms with E-state index in [2.05, 4.69) is 38.2 Å². The second kappa shape index (κ2) is 42.6. The molecule has 57 heavy (non-hydrogen) atoms. The van der Waals surface area contributed by atoms with Crippen LogP contribution >= 0.6 is 7.82 Å². The molecule has 0 saturated heterocycles. The maximum Gasteiger partial charge on any atom is 0.472 e. The molecule has 4 N–H and O–H groups in total. The number of hydrogen-bond acceptors (Lipinski definition) is 8. The normalized spacial score (nSPS) is 14.0. The highest BCUT2D eigenvalue weighted by molar-refractivity contribution is 7.47. The van der Waals surface area contributed by atoms with Gasteiger partial charge in [-0.3, -0.25) is 18.6 Å². The van der Waals surface area contributed by atoms with Crippen molar-refractivity contribution < 1.29 is 42.7 Å². The number of ether oxygens (including phenoxy) is 2. The zero-order valence-corrected chi connectivity index (χ0v) is 37.6. The van der Waals surface area contributed by atoms with Crippen molar-refractivity contribution in [1.29, 1.82) is 0 Å². The lowest BCUT2D eigenvalue weighted by atomic mass is 10.0. The second-order valence-corrected chi connectivity index (χ2v) is 17.3. The van der Waals surface area contributed by atoms with Crippen molar-refractivity contribution >= 4 is 19.8 Å². The molecule has 10 nitrogen and oxygen atoms in total. The Kier molecular flexibility index (Phi) is 41.4. The smallest absolute Gasteiger partial charge is 0.472 e. The molecule has 336 valence electrons. The number of carbonyl (C=O) groups is 2. The zero-order chi connectivity index (χ0) is 41.9. The minimum absolute atomic E-state index is 0.0201. The molecular formula is C46H88NO9P. The maximum absolute atomic E-state index is 12.6. The molecule has 0 aromatic heterocycles. The van der Waals surface area contributed by atoms with Crippen LogP contribution in [0.25, 0.3) is 0 Å². The van der Waals surface area contributed by atoms with Gasteiger partial charge in [0.1, 0.15) is 12.1 Å². The number of esters is 1. The minimum Gasteiger partial charge on any atom is -0.480 e. The Morgan fingerprint density at radius 1 is 0.561 bits per heavy atom. The molecule has 0 rings (SSSR count). The average molecular weight is 830 g/mol. The van der Waals surface area contributed by atoms with E-state index in [-0.39, 0.29) is 13.0 Å². The Bertz CT molecular complexity index is 1010. The lowest BCUT2D eigenvalue weighted by Crippen LogP contribution is -2.34. The van der Waals surface area contributed by atoms with Crippen molar-refractivity contribution in [2.45, 2.75) is 231 Å². The van der Waals surface area contributed by atoms with E-state index in [0.717, 1.165) is 38.5 Å². The third kappa shape index (κ3) is 42.4. The quantitative estimate of drug-likeness (QED) is 0.0234. The van der Waals surface area contributed by atoms with Gasteiger partial charge in [-0.05, 0) is 44.9 Å². The van der Waals surface area contributed by atoms with Crippen LogP contribution in [0.2, 0.25) is 0 Å². The summed E-state index contributed by atoms with van der Waals surface area (Å²) in [5.74, 6) is -1.77. The number of unbranched alkanes of at least 4 members (excludes halogenated alkanes) is 27. The lowest BCUT2D eigenvalue weighted by molar-refractivity contribution is -0.154. The molecule has 0 aromatic carbocycles. The fraction of sp³-hybridized carbons (Fsp3) is 0.870. The molecule has 0 aliphatic heterocycles. The highest BCUT2D eigenvalue weighted by Gasteiger charge is 2.27. The van der Waals surface area contributed by atoms with Gasteiger partial charge < -0.3 is 25.2 Å². The molecule has 0 saturated carbocycles. The molecule has 3 atom stereocenters. The van der Waals surface area contributed by atoms with Crippen molar-refractivity contribution in [2.75, 3.05) is 26.4 Å². The number of rotatable bonds is 45. The fourth-order valence-corrected chi connectivity index (χ4v) is 7.35. The van der Waals surface area contributed by atoms with Gasteiger partial charge in [0.05, 0.1) is 19.8 Å². The van der Waals surface area contributed by atoms with Crippen molar-refractivity contribution in [1.82, 2.24) is 0 Å². The first-order valence-corrected chi connectivity index (χ1v) is 24.9.